The van der Waals surface area contributed by atoms with Crippen LogP contribution in [0.2, 0.25) is 0 Å². The molecule has 7 heteroatoms. The minimum Gasteiger partial charge on any atom is -0.494 e. The van der Waals surface area contributed by atoms with Crippen LogP contribution in [0.3, 0.4) is 0 Å². The molecule has 0 radical (unpaired) electrons. The number of ether oxygens (including phenoxy) is 1. The van der Waals surface area contributed by atoms with Crippen molar-refractivity contribution in [3.05, 3.63) is 60.4 Å². The predicted molar refractivity (Wildman–Crippen MR) is 112 cm³/mol. The normalized spacial score (nSPS) is 17.8. The van der Waals surface area contributed by atoms with E-state index in [1.165, 1.54) is 5.56 Å². The first kappa shape index (κ1) is 18.2. The molecule has 1 aromatic heterocycles. The van der Waals surface area contributed by atoms with Crippen LogP contribution in [0, 0.1) is 0 Å². The van der Waals surface area contributed by atoms with Gasteiger partial charge >= 0.3 is 0 Å². The van der Waals surface area contributed by atoms with E-state index in [1.807, 2.05) is 37.5 Å². The van der Waals surface area contributed by atoms with E-state index in [-0.39, 0.29) is 0 Å². The Morgan fingerprint density at radius 2 is 2.04 bits per heavy atom. The van der Waals surface area contributed by atoms with E-state index in [0.29, 0.717) is 29.0 Å². The van der Waals surface area contributed by atoms with Crippen molar-refractivity contribution in [3.63, 3.8) is 0 Å². The molecule has 0 bridgehead atoms. The molecule has 0 aliphatic carbocycles. The average Bonchev–Trinajstić information content (AvgIpc) is 2.68. The lowest BCUT2D eigenvalue weighted by Gasteiger charge is -2.39. The molecular formula is C21H24N6O. The monoisotopic (exact) mass is 376 g/mol. The molecule has 7 nitrogen and oxygen atoms in total. The molecule has 3 heterocycles. The van der Waals surface area contributed by atoms with Gasteiger partial charge < -0.3 is 10.5 Å². The van der Waals surface area contributed by atoms with Gasteiger partial charge in [-0.25, -0.2) is 10.0 Å². The van der Waals surface area contributed by atoms with Gasteiger partial charge in [0.25, 0.3) is 0 Å². The van der Waals surface area contributed by atoms with E-state index in [0.717, 1.165) is 30.9 Å². The maximum Gasteiger partial charge on any atom is 0.222 e. The van der Waals surface area contributed by atoms with E-state index in [4.69, 9.17) is 10.5 Å². The number of hydrogen-bond donors (Lipinski definition) is 1. The van der Waals surface area contributed by atoms with Gasteiger partial charge in [-0.15, -0.1) is 0 Å². The van der Waals surface area contributed by atoms with Crippen LogP contribution in [0.15, 0.2) is 59.4 Å². The van der Waals surface area contributed by atoms with Gasteiger partial charge in [0.2, 0.25) is 5.96 Å². The average molecular weight is 376 g/mol. The van der Waals surface area contributed by atoms with Crippen molar-refractivity contribution in [2.45, 2.75) is 12.8 Å². The number of likely N-dealkylation sites (tertiary alicyclic amines) is 1. The Morgan fingerprint density at radius 3 is 2.75 bits per heavy atom. The van der Waals surface area contributed by atoms with Gasteiger partial charge in [0.1, 0.15) is 11.4 Å². The van der Waals surface area contributed by atoms with Gasteiger partial charge in [-0.05, 0) is 30.7 Å². The second-order valence-electron chi connectivity index (χ2n) is 7.09. The number of para-hydroxylation sites is 1. The van der Waals surface area contributed by atoms with E-state index < -0.39 is 0 Å². The molecule has 1 fully saturated rings. The van der Waals surface area contributed by atoms with E-state index in [1.54, 1.807) is 12.1 Å². The SMILES string of the molecule is C=C1c2cccc(OC)c2N=C(N)N1/N=C(\C)CN1CC(c2ccncc2)C1. The number of hydrogen-bond acceptors (Lipinski definition) is 7. The molecule has 0 atom stereocenters. The first-order chi connectivity index (χ1) is 13.6. The summed E-state index contributed by atoms with van der Waals surface area (Å²) in [7, 11) is 1.62. The lowest BCUT2D eigenvalue weighted by atomic mass is 9.92. The van der Waals surface area contributed by atoms with Gasteiger partial charge in [0.05, 0.1) is 12.8 Å². The maximum absolute atomic E-state index is 6.16. The summed E-state index contributed by atoms with van der Waals surface area (Å²) >= 11 is 0. The zero-order valence-electron chi connectivity index (χ0n) is 16.2. The number of rotatable bonds is 5. The molecule has 0 spiro atoms. The van der Waals surface area contributed by atoms with Crippen LogP contribution in [0.5, 0.6) is 5.75 Å². The van der Waals surface area contributed by atoms with Gasteiger partial charge in [0, 0.05) is 49.2 Å². The highest BCUT2D eigenvalue weighted by atomic mass is 16.5. The number of benzene rings is 1. The Kier molecular flexibility index (Phi) is 4.83. The molecule has 1 saturated heterocycles. The molecule has 1 aromatic carbocycles. The highest BCUT2D eigenvalue weighted by Crippen LogP contribution is 2.39. The topological polar surface area (TPSA) is 79.3 Å². The highest BCUT2D eigenvalue weighted by molar-refractivity contribution is 5.98. The van der Waals surface area contributed by atoms with Gasteiger partial charge in [-0.3, -0.25) is 9.88 Å². The number of pyridine rings is 1. The number of fused-ring (bicyclic) bond motifs is 1. The summed E-state index contributed by atoms with van der Waals surface area (Å²) in [5, 5.41) is 6.28. The summed E-state index contributed by atoms with van der Waals surface area (Å²) in [4.78, 5) is 10.9. The molecule has 2 aliphatic heterocycles. The Bertz CT molecular complexity index is 947. The first-order valence-electron chi connectivity index (χ1n) is 9.23. The lowest BCUT2D eigenvalue weighted by molar-refractivity contribution is 0.172. The number of nitrogens with zero attached hydrogens (tertiary/aromatic N) is 5. The zero-order valence-corrected chi connectivity index (χ0v) is 16.2. The molecule has 144 valence electrons. The predicted octanol–water partition coefficient (Wildman–Crippen LogP) is 2.80. The number of aliphatic imine (C=N–C) groups is 1. The Balaban J connectivity index is 1.44. The molecule has 0 unspecified atom stereocenters. The van der Waals surface area contributed by atoms with Crippen molar-refractivity contribution in [2.24, 2.45) is 15.8 Å². The lowest BCUT2D eigenvalue weighted by Crippen LogP contribution is -2.47. The van der Waals surface area contributed by atoms with Crippen molar-refractivity contribution in [2.75, 3.05) is 26.7 Å². The molecule has 4 rings (SSSR count). The zero-order chi connectivity index (χ0) is 19.7. The van der Waals surface area contributed by atoms with Crippen LogP contribution < -0.4 is 10.5 Å². The van der Waals surface area contributed by atoms with Crippen LogP contribution in [-0.2, 0) is 0 Å². The van der Waals surface area contributed by atoms with Crippen LogP contribution >= 0.6 is 0 Å². The van der Waals surface area contributed by atoms with Gasteiger partial charge in [-0.1, -0.05) is 18.7 Å². The van der Waals surface area contributed by atoms with Crippen LogP contribution in [-0.4, -0.2) is 53.3 Å². The molecule has 2 aliphatic rings. The third-order valence-corrected chi connectivity index (χ3v) is 5.09. The van der Waals surface area contributed by atoms with Crippen LogP contribution in [0.25, 0.3) is 5.70 Å². The number of aromatic nitrogens is 1. The van der Waals surface area contributed by atoms with Crippen molar-refractivity contribution >= 4 is 23.1 Å². The van der Waals surface area contributed by atoms with Crippen molar-refractivity contribution < 1.29 is 4.74 Å². The fourth-order valence-corrected chi connectivity index (χ4v) is 3.63. The third kappa shape index (κ3) is 3.36. The summed E-state index contributed by atoms with van der Waals surface area (Å²) in [6, 6.07) is 9.89. The number of methoxy groups -OCH3 is 1. The van der Waals surface area contributed by atoms with E-state index in [9.17, 15) is 0 Å². The fraction of sp³-hybridized carbons (Fsp3) is 0.286. The second kappa shape index (κ2) is 7.44. The third-order valence-electron chi connectivity index (χ3n) is 5.09. The minimum absolute atomic E-state index is 0.291. The summed E-state index contributed by atoms with van der Waals surface area (Å²) < 4.78 is 5.38. The summed E-state index contributed by atoms with van der Waals surface area (Å²) in [5.41, 5.74) is 10.7. The Hall–Kier alpha value is -3.19. The number of hydrazone groups is 1. The maximum atomic E-state index is 6.16. The van der Waals surface area contributed by atoms with E-state index in [2.05, 4.69) is 38.7 Å². The smallest absolute Gasteiger partial charge is 0.222 e. The summed E-state index contributed by atoms with van der Waals surface area (Å²) in [6.07, 6.45) is 3.70. The van der Waals surface area contributed by atoms with Crippen molar-refractivity contribution in [1.82, 2.24) is 14.9 Å². The highest BCUT2D eigenvalue weighted by Gasteiger charge is 2.29. The van der Waals surface area contributed by atoms with Crippen molar-refractivity contribution in [3.8, 4) is 5.75 Å². The van der Waals surface area contributed by atoms with E-state index >= 15 is 0 Å². The Morgan fingerprint density at radius 1 is 1.29 bits per heavy atom. The second-order valence-corrected chi connectivity index (χ2v) is 7.09. The number of nitrogens with two attached hydrogens (primary N) is 1. The summed E-state index contributed by atoms with van der Waals surface area (Å²) in [5.74, 6) is 1.52. The first-order valence-corrected chi connectivity index (χ1v) is 9.23. The molecule has 0 saturated carbocycles. The molecule has 2 aromatic rings. The standard InChI is InChI=1S/C21H24N6O/c1-14(11-26-12-17(13-26)16-7-9-23-10-8-16)25-27-15(2)18-5-4-6-19(28-3)20(18)24-21(27)22/h4-10,17H,2,11-13H2,1,3H3,(H2,22,24)/b25-14+. The fourth-order valence-electron chi connectivity index (χ4n) is 3.63. The Labute approximate surface area is 164 Å². The summed E-state index contributed by atoms with van der Waals surface area (Å²) in [6.45, 7) is 8.98. The van der Waals surface area contributed by atoms with Gasteiger partial charge in [-0.2, -0.15) is 5.10 Å². The van der Waals surface area contributed by atoms with Gasteiger partial charge in [0.15, 0.2) is 0 Å². The number of guanidine groups is 1. The molecular weight excluding hydrogens is 352 g/mol. The molecule has 2 N–H and O–H groups in total. The molecule has 28 heavy (non-hydrogen) atoms. The van der Waals surface area contributed by atoms with Crippen LogP contribution in [0.1, 0.15) is 24.0 Å². The largest absolute Gasteiger partial charge is 0.494 e. The minimum atomic E-state index is 0.291. The quantitative estimate of drug-likeness (QED) is 0.812. The molecule has 0 amide bonds. The van der Waals surface area contributed by atoms with Crippen molar-refractivity contribution in [1.29, 1.82) is 0 Å². The van der Waals surface area contributed by atoms with Crippen LogP contribution in [0.4, 0.5) is 5.69 Å².